The quantitative estimate of drug-likeness (QED) is 0.210. The van der Waals surface area contributed by atoms with E-state index < -0.39 is 11.9 Å². The number of nitriles is 1. The first-order valence-corrected chi connectivity index (χ1v) is 21.2. The minimum absolute atomic E-state index is 0.167. The maximum atomic E-state index is 13.4. The fourth-order valence-corrected chi connectivity index (χ4v) is 10.1. The molecule has 1 aliphatic carbocycles. The molecule has 1 saturated carbocycles. The lowest BCUT2D eigenvalue weighted by atomic mass is 9.49. The number of piperidine rings is 2. The zero-order valence-corrected chi connectivity index (χ0v) is 35.2. The van der Waals surface area contributed by atoms with E-state index in [0.717, 1.165) is 76.1 Å². The molecule has 3 aliphatic heterocycles. The Morgan fingerprint density at radius 1 is 0.933 bits per heavy atom. The van der Waals surface area contributed by atoms with E-state index >= 15 is 0 Å². The molecule has 15 nitrogen and oxygen atoms in total. The number of piperazine rings is 1. The highest BCUT2D eigenvalue weighted by atomic mass is 35.5. The molecule has 0 radical (unpaired) electrons. The molecule has 4 aromatic rings. The first-order chi connectivity index (χ1) is 28.7. The Balaban J connectivity index is 0.772. The summed E-state index contributed by atoms with van der Waals surface area (Å²) < 4.78 is 7.56. The topological polar surface area (TPSA) is 179 Å². The van der Waals surface area contributed by atoms with Crippen molar-refractivity contribution in [2.45, 2.75) is 78.0 Å². The summed E-state index contributed by atoms with van der Waals surface area (Å²) in [4.78, 5) is 66.9. The molecule has 2 aromatic carbocycles. The average Bonchev–Trinajstić information content (AvgIpc) is 3.24. The molecule has 16 heteroatoms. The van der Waals surface area contributed by atoms with Gasteiger partial charge in [-0.05, 0) is 68.5 Å². The number of benzene rings is 2. The van der Waals surface area contributed by atoms with E-state index in [1.54, 1.807) is 36.8 Å². The second-order valence-corrected chi connectivity index (χ2v) is 18.2. The lowest BCUT2D eigenvalue weighted by molar-refractivity contribution is -0.164. The van der Waals surface area contributed by atoms with Gasteiger partial charge in [0.15, 0.2) is 0 Å². The molecule has 4 aliphatic rings. The maximum absolute atomic E-state index is 13.4. The van der Waals surface area contributed by atoms with Gasteiger partial charge in [0.25, 0.3) is 17.4 Å². The molecule has 2 N–H and O–H groups in total. The second-order valence-electron chi connectivity index (χ2n) is 17.8. The number of rotatable bonds is 10. The Kier molecular flexibility index (Phi) is 11.3. The number of fused-ring (bicyclic) bond motifs is 1. The van der Waals surface area contributed by atoms with Gasteiger partial charge in [-0.2, -0.15) is 10.4 Å². The third kappa shape index (κ3) is 8.02. The number of anilines is 2. The van der Waals surface area contributed by atoms with Gasteiger partial charge in [0, 0.05) is 92.1 Å². The van der Waals surface area contributed by atoms with Crippen molar-refractivity contribution in [2.24, 2.45) is 16.7 Å². The summed E-state index contributed by atoms with van der Waals surface area (Å²) in [5.74, 6) is 0.812. The van der Waals surface area contributed by atoms with Gasteiger partial charge in [-0.25, -0.2) is 14.6 Å². The highest BCUT2D eigenvalue weighted by molar-refractivity contribution is 6.31. The first-order valence-electron chi connectivity index (χ1n) is 20.8. The fraction of sp³-hybridized carbons (Fsp3) is 0.500. The smallest absolute Gasteiger partial charge is 0.275 e. The van der Waals surface area contributed by atoms with Crippen molar-refractivity contribution in [3.05, 3.63) is 81.5 Å². The number of nitrogens with one attached hydrogen (secondary N) is 2. The number of imide groups is 1. The normalized spacial score (nSPS) is 23.1. The van der Waals surface area contributed by atoms with E-state index in [-0.39, 0.29) is 53.2 Å². The highest BCUT2D eigenvalue weighted by Gasteiger charge is 2.64. The first kappa shape index (κ1) is 41.2. The van der Waals surface area contributed by atoms with Crippen LogP contribution in [0.1, 0.15) is 81.8 Å². The van der Waals surface area contributed by atoms with Crippen LogP contribution in [0.25, 0.3) is 10.8 Å². The lowest BCUT2D eigenvalue weighted by Gasteiger charge is -2.63. The van der Waals surface area contributed by atoms with Crippen LogP contribution in [0.4, 0.5) is 11.6 Å². The molecule has 314 valence electrons. The van der Waals surface area contributed by atoms with Crippen LogP contribution in [0, 0.1) is 28.1 Å². The number of aromatic nitrogens is 4. The average molecular weight is 835 g/mol. The van der Waals surface area contributed by atoms with Crippen molar-refractivity contribution in [2.75, 3.05) is 55.6 Å². The fourth-order valence-electron chi connectivity index (χ4n) is 9.91. The lowest BCUT2D eigenvalue weighted by Crippen LogP contribution is -2.74. The third-order valence-corrected chi connectivity index (χ3v) is 13.4. The molecule has 3 saturated heterocycles. The van der Waals surface area contributed by atoms with Crippen LogP contribution in [0.3, 0.4) is 0 Å². The Morgan fingerprint density at radius 3 is 2.32 bits per heavy atom. The summed E-state index contributed by atoms with van der Waals surface area (Å²) in [6.07, 6.45) is 8.36. The van der Waals surface area contributed by atoms with E-state index in [4.69, 9.17) is 16.3 Å². The summed E-state index contributed by atoms with van der Waals surface area (Å²) in [7, 11) is 0. The zero-order chi connectivity index (χ0) is 42.3. The van der Waals surface area contributed by atoms with Gasteiger partial charge in [-0.15, -0.1) is 0 Å². The van der Waals surface area contributed by atoms with Crippen molar-refractivity contribution >= 4 is 51.7 Å². The van der Waals surface area contributed by atoms with Gasteiger partial charge in [0.2, 0.25) is 11.9 Å². The Hall–Kier alpha value is -5.59. The van der Waals surface area contributed by atoms with Gasteiger partial charge in [0.05, 0.1) is 27.7 Å². The number of halogens is 1. The van der Waals surface area contributed by atoms with E-state index in [9.17, 15) is 24.4 Å². The summed E-state index contributed by atoms with van der Waals surface area (Å²) in [6, 6.07) is 12.0. The van der Waals surface area contributed by atoms with Gasteiger partial charge in [-0.1, -0.05) is 39.3 Å². The van der Waals surface area contributed by atoms with Crippen LogP contribution in [0.5, 0.6) is 5.75 Å². The molecular formula is C44H51ClN10O5. The summed E-state index contributed by atoms with van der Waals surface area (Å²) in [6.45, 7) is 14.8. The van der Waals surface area contributed by atoms with E-state index in [1.807, 2.05) is 18.2 Å². The highest BCUT2D eigenvalue weighted by Crippen LogP contribution is 2.55. The number of hydrogen-bond donors (Lipinski definition) is 2. The molecule has 5 heterocycles. The van der Waals surface area contributed by atoms with Crippen LogP contribution in [0.15, 0.2) is 59.8 Å². The standard InChI is InChI=1S/C44H51ClN10O5/c1-43(2)40(44(3,4)41(43)60-32-7-5-28(23-46)34(45)22-32)51-37(57)30-24-47-42(48-25-30)54-15-12-27(13-16-54)11-14-52-17-19-53(20-18-52)31-6-8-33-29(21-31)26-49-55(39(33)59)35-9-10-36(56)50-38(35)58/h5-8,21-22,24-27,35,40-41H,9-20H2,1-4H3,(H,51,57)(H,50,56,58)/t35?,40-,41-. The Morgan fingerprint density at radius 2 is 1.65 bits per heavy atom. The number of carbonyl (C=O) groups excluding carboxylic acids is 3. The Labute approximate surface area is 354 Å². The van der Waals surface area contributed by atoms with Crippen LogP contribution in [-0.2, 0) is 9.59 Å². The van der Waals surface area contributed by atoms with Gasteiger partial charge >= 0.3 is 0 Å². The van der Waals surface area contributed by atoms with Gasteiger partial charge < -0.3 is 19.9 Å². The SMILES string of the molecule is CC1(C)[C@H](NC(=O)c2cnc(N3CCC(CCN4CCN(c5ccc6c(=O)n(C7CCC(=O)NC7=O)ncc6c5)CC4)CC3)nc2)C(C)(C)[C@H]1Oc1ccc(C#N)c(Cl)c1. The van der Waals surface area contributed by atoms with Gasteiger partial charge in [-0.3, -0.25) is 29.4 Å². The summed E-state index contributed by atoms with van der Waals surface area (Å²) in [5.41, 5.74) is 0.763. The Bertz CT molecular complexity index is 2380. The minimum Gasteiger partial charge on any atom is -0.489 e. The molecule has 0 bridgehead atoms. The van der Waals surface area contributed by atoms with Crippen molar-refractivity contribution in [1.82, 2.24) is 35.3 Å². The van der Waals surface area contributed by atoms with Crippen molar-refractivity contribution in [1.29, 1.82) is 5.26 Å². The monoisotopic (exact) mass is 834 g/mol. The van der Waals surface area contributed by atoms with Crippen LogP contribution < -0.4 is 30.7 Å². The molecule has 2 aromatic heterocycles. The largest absolute Gasteiger partial charge is 0.489 e. The second kappa shape index (κ2) is 16.5. The molecule has 3 amide bonds. The third-order valence-electron chi connectivity index (χ3n) is 13.1. The van der Waals surface area contributed by atoms with Crippen LogP contribution >= 0.6 is 11.6 Å². The predicted octanol–water partition coefficient (Wildman–Crippen LogP) is 4.73. The number of ether oxygens (including phenoxy) is 1. The summed E-state index contributed by atoms with van der Waals surface area (Å²) in [5, 5.41) is 20.6. The predicted molar refractivity (Wildman–Crippen MR) is 227 cm³/mol. The zero-order valence-electron chi connectivity index (χ0n) is 34.5. The number of hydrogen-bond acceptors (Lipinski definition) is 12. The minimum atomic E-state index is -0.783. The molecule has 0 spiro atoms. The molecular weight excluding hydrogens is 784 g/mol. The molecule has 1 unspecified atom stereocenters. The van der Waals surface area contributed by atoms with Gasteiger partial charge in [0.1, 0.15) is 24.0 Å². The molecule has 60 heavy (non-hydrogen) atoms. The number of carbonyl (C=O) groups is 3. The number of nitrogens with zero attached hydrogens (tertiary/aromatic N) is 8. The van der Waals surface area contributed by atoms with E-state index in [1.165, 1.54) is 4.68 Å². The molecule has 1 atom stereocenters. The summed E-state index contributed by atoms with van der Waals surface area (Å²) >= 11 is 6.25. The maximum Gasteiger partial charge on any atom is 0.275 e. The van der Waals surface area contributed by atoms with E-state index in [0.29, 0.717) is 39.2 Å². The van der Waals surface area contributed by atoms with Crippen LogP contribution in [-0.4, -0.2) is 100 Å². The van der Waals surface area contributed by atoms with Crippen LogP contribution in [0.2, 0.25) is 5.02 Å². The van der Waals surface area contributed by atoms with E-state index in [2.05, 4.69) is 74.2 Å². The van der Waals surface area contributed by atoms with Crippen molar-refractivity contribution < 1.29 is 19.1 Å². The molecule has 8 rings (SSSR count). The van der Waals surface area contributed by atoms with Crippen molar-refractivity contribution in [3.8, 4) is 11.8 Å². The molecule has 4 fully saturated rings. The van der Waals surface area contributed by atoms with Crippen molar-refractivity contribution in [3.63, 3.8) is 0 Å². The number of amides is 3.